The van der Waals surface area contributed by atoms with Crippen molar-refractivity contribution in [2.75, 3.05) is 78.0 Å². The van der Waals surface area contributed by atoms with Crippen LogP contribution in [0.1, 0.15) is 52.0 Å². The Bertz CT molecular complexity index is 1310. The number of hydrogen-bond acceptors (Lipinski definition) is 9. The molecule has 3 heterocycles. The van der Waals surface area contributed by atoms with Crippen LogP contribution in [0, 0.1) is 17.7 Å². The van der Waals surface area contributed by atoms with Gasteiger partial charge in [-0.05, 0) is 68.1 Å². The van der Waals surface area contributed by atoms with Crippen molar-refractivity contribution >= 4 is 29.7 Å². The molecule has 12 heteroatoms. The van der Waals surface area contributed by atoms with E-state index in [1.54, 1.807) is 12.0 Å². The van der Waals surface area contributed by atoms with Crippen molar-refractivity contribution in [1.29, 1.82) is 0 Å². The number of esters is 1. The average Bonchev–Trinajstić information content (AvgIpc) is 3.06. The minimum atomic E-state index is -0.890. The third-order valence-corrected chi connectivity index (χ3v) is 9.52. The summed E-state index contributed by atoms with van der Waals surface area (Å²) in [5.41, 5.74) is 2.03. The standard InChI is InChI=1S/C36H53FN4O7/c1-25-6-8-31(42)24-34(44)48-35(26(2)7-9-32(25)47-36(45)41-13-11-38(4)12-14-41)27(3)20-28-21-29(37)23-30(22-28)39-15-17-40(18-16-39)33(43)10-19-46-5/h7,9,20-23,25-26,31-32,35,42H,6,8,10-19,24H2,1-5H3/b9-7+,27-20+/t25-,26+,31+,32-,35+/m1/s1. The summed E-state index contributed by atoms with van der Waals surface area (Å²) in [6, 6.07) is 4.82. The Labute approximate surface area is 284 Å². The topological polar surface area (TPSA) is 112 Å². The van der Waals surface area contributed by atoms with E-state index in [1.165, 1.54) is 12.1 Å². The third-order valence-electron chi connectivity index (χ3n) is 9.52. The highest BCUT2D eigenvalue weighted by Crippen LogP contribution is 2.28. The van der Waals surface area contributed by atoms with Crippen LogP contribution in [0.3, 0.4) is 0 Å². The van der Waals surface area contributed by atoms with Gasteiger partial charge in [0.25, 0.3) is 0 Å². The molecule has 0 saturated carbocycles. The summed E-state index contributed by atoms with van der Waals surface area (Å²) in [6.45, 7) is 11.1. The Morgan fingerprint density at radius 1 is 1.00 bits per heavy atom. The van der Waals surface area contributed by atoms with Gasteiger partial charge in [-0.25, -0.2) is 9.18 Å². The fourth-order valence-electron chi connectivity index (χ4n) is 6.40. The Kier molecular flexibility index (Phi) is 13.8. The van der Waals surface area contributed by atoms with Gasteiger partial charge in [0.15, 0.2) is 0 Å². The molecule has 3 aliphatic heterocycles. The summed E-state index contributed by atoms with van der Waals surface area (Å²) in [4.78, 5) is 46.2. The lowest BCUT2D eigenvalue weighted by Gasteiger charge is -2.36. The molecule has 0 radical (unpaired) electrons. The van der Waals surface area contributed by atoms with Crippen molar-refractivity contribution in [3.8, 4) is 0 Å². The summed E-state index contributed by atoms with van der Waals surface area (Å²) < 4.78 is 31.9. The zero-order valence-electron chi connectivity index (χ0n) is 29.1. The number of cyclic esters (lactones) is 1. The number of aliphatic hydroxyl groups is 1. The van der Waals surface area contributed by atoms with Gasteiger partial charge >= 0.3 is 12.1 Å². The van der Waals surface area contributed by atoms with Crippen molar-refractivity contribution in [3.05, 3.63) is 47.3 Å². The van der Waals surface area contributed by atoms with Crippen molar-refractivity contribution in [1.82, 2.24) is 14.7 Å². The van der Waals surface area contributed by atoms with Crippen LogP contribution in [0.5, 0.6) is 0 Å². The van der Waals surface area contributed by atoms with E-state index in [9.17, 15) is 23.9 Å². The predicted molar refractivity (Wildman–Crippen MR) is 182 cm³/mol. The second-order valence-corrected chi connectivity index (χ2v) is 13.4. The monoisotopic (exact) mass is 672 g/mol. The van der Waals surface area contributed by atoms with E-state index in [2.05, 4.69) is 9.80 Å². The van der Waals surface area contributed by atoms with Crippen LogP contribution in [0.25, 0.3) is 6.08 Å². The number of nitrogens with zero attached hydrogens (tertiary/aromatic N) is 4. The van der Waals surface area contributed by atoms with Crippen LogP contribution in [0.15, 0.2) is 35.9 Å². The highest BCUT2D eigenvalue weighted by atomic mass is 19.1. The molecular weight excluding hydrogens is 619 g/mol. The van der Waals surface area contributed by atoms with Gasteiger partial charge in [-0.1, -0.05) is 26.0 Å². The van der Waals surface area contributed by atoms with E-state index < -0.39 is 30.1 Å². The quantitative estimate of drug-likeness (QED) is 0.340. The molecule has 266 valence electrons. The molecule has 1 aromatic carbocycles. The average molecular weight is 673 g/mol. The van der Waals surface area contributed by atoms with Crippen molar-refractivity contribution in [3.63, 3.8) is 0 Å². The van der Waals surface area contributed by atoms with Crippen molar-refractivity contribution < 1.29 is 38.1 Å². The maximum atomic E-state index is 14.9. The molecule has 0 aliphatic carbocycles. The molecule has 1 N–H and O–H groups in total. The molecule has 0 aromatic heterocycles. The van der Waals surface area contributed by atoms with Gasteiger partial charge in [-0.2, -0.15) is 0 Å². The minimum absolute atomic E-state index is 0.0474. The van der Waals surface area contributed by atoms with E-state index >= 15 is 0 Å². The van der Waals surface area contributed by atoms with Gasteiger partial charge in [-0.3, -0.25) is 9.59 Å². The normalized spacial score (nSPS) is 27.5. The smallest absolute Gasteiger partial charge is 0.410 e. The van der Waals surface area contributed by atoms with E-state index in [-0.39, 0.29) is 30.3 Å². The molecule has 2 amide bonds. The molecule has 48 heavy (non-hydrogen) atoms. The lowest BCUT2D eigenvalue weighted by molar-refractivity contribution is -0.151. The lowest BCUT2D eigenvalue weighted by Crippen LogP contribution is -2.49. The first-order valence-corrected chi connectivity index (χ1v) is 17.1. The van der Waals surface area contributed by atoms with Gasteiger partial charge in [0.05, 0.1) is 25.6 Å². The number of carbonyl (C=O) groups excluding carboxylic acids is 3. The maximum absolute atomic E-state index is 14.9. The SMILES string of the molecule is COCCC(=O)N1CCN(c2cc(F)cc(/C=C(\C)[C@H]3OC(=O)C[C@@H](O)CC[C@@H](C)[C@H](OC(=O)N4CCN(C)CC4)/C=C/[C@@H]3C)c2)CC1. The Hall–Kier alpha value is -3.48. The second-order valence-electron chi connectivity index (χ2n) is 13.4. The van der Waals surface area contributed by atoms with Crippen LogP contribution in [0.2, 0.25) is 0 Å². The summed E-state index contributed by atoms with van der Waals surface area (Å²) in [7, 11) is 3.60. The molecule has 3 aliphatic rings. The summed E-state index contributed by atoms with van der Waals surface area (Å²) in [5, 5.41) is 10.6. The van der Waals surface area contributed by atoms with E-state index in [0.717, 1.165) is 13.1 Å². The number of piperazine rings is 2. The highest BCUT2D eigenvalue weighted by molar-refractivity contribution is 5.76. The number of methoxy groups -OCH3 is 1. The molecule has 2 saturated heterocycles. The maximum Gasteiger partial charge on any atom is 0.410 e. The Morgan fingerprint density at radius 3 is 2.38 bits per heavy atom. The second kappa shape index (κ2) is 17.8. The fourth-order valence-corrected chi connectivity index (χ4v) is 6.40. The number of amides is 2. The molecular formula is C36H53FN4O7. The molecule has 5 atom stereocenters. The van der Waals surface area contributed by atoms with Crippen molar-refractivity contribution in [2.24, 2.45) is 11.8 Å². The number of rotatable bonds is 7. The molecule has 0 bridgehead atoms. The fraction of sp³-hybridized carbons (Fsp3) is 0.639. The molecule has 0 spiro atoms. The van der Waals surface area contributed by atoms with Gasteiger partial charge < -0.3 is 38.9 Å². The number of carbonyl (C=O) groups is 3. The number of halogens is 1. The Morgan fingerprint density at radius 2 is 1.69 bits per heavy atom. The Balaban J connectivity index is 1.51. The number of likely N-dealkylation sites (N-methyl/N-ethyl adjacent to an activating group) is 1. The van der Waals surface area contributed by atoms with Crippen LogP contribution in [-0.2, 0) is 23.8 Å². The van der Waals surface area contributed by atoms with E-state index in [1.807, 2.05) is 57.0 Å². The van der Waals surface area contributed by atoms with Crippen LogP contribution in [0.4, 0.5) is 14.9 Å². The number of hydrogen-bond donors (Lipinski definition) is 1. The van der Waals surface area contributed by atoms with Crippen LogP contribution >= 0.6 is 0 Å². The highest BCUT2D eigenvalue weighted by Gasteiger charge is 2.29. The lowest BCUT2D eigenvalue weighted by atomic mass is 9.91. The summed E-state index contributed by atoms with van der Waals surface area (Å²) in [5.74, 6) is -1.25. The van der Waals surface area contributed by atoms with E-state index in [4.69, 9.17) is 14.2 Å². The molecule has 1 aromatic rings. The molecule has 4 rings (SSSR count). The van der Waals surface area contributed by atoms with Gasteiger partial charge in [0.1, 0.15) is 18.0 Å². The number of aliphatic hydroxyl groups excluding tert-OH is 1. The zero-order valence-corrected chi connectivity index (χ0v) is 29.1. The van der Waals surface area contributed by atoms with Gasteiger partial charge in [0, 0.05) is 71.1 Å². The largest absolute Gasteiger partial charge is 0.457 e. The zero-order chi connectivity index (χ0) is 34.8. The van der Waals surface area contributed by atoms with Gasteiger partial charge in [0.2, 0.25) is 5.91 Å². The summed E-state index contributed by atoms with van der Waals surface area (Å²) in [6.07, 6.45) is 4.25. The number of anilines is 1. The summed E-state index contributed by atoms with van der Waals surface area (Å²) >= 11 is 0. The first-order valence-electron chi connectivity index (χ1n) is 17.1. The first kappa shape index (κ1) is 37.3. The molecule has 0 unspecified atom stereocenters. The molecule has 2 fully saturated rings. The minimum Gasteiger partial charge on any atom is -0.457 e. The van der Waals surface area contributed by atoms with E-state index in [0.29, 0.717) is 82.0 Å². The predicted octanol–water partition coefficient (Wildman–Crippen LogP) is 3.95. The van der Waals surface area contributed by atoms with Gasteiger partial charge in [-0.15, -0.1) is 0 Å². The van der Waals surface area contributed by atoms with Crippen LogP contribution < -0.4 is 4.90 Å². The number of benzene rings is 1. The van der Waals surface area contributed by atoms with Crippen molar-refractivity contribution in [2.45, 2.75) is 64.8 Å². The molecule has 11 nitrogen and oxygen atoms in total. The third kappa shape index (κ3) is 10.8. The van der Waals surface area contributed by atoms with Crippen LogP contribution in [-0.4, -0.2) is 129 Å². The number of ether oxygens (including phenoxy) is 3. The first-order chi connectivity index (χ1) is 22.9.